The van der Waals surface area contributed by atoms with Crippen LogP contribution in [0.4, 0.5) is 5.69 Å². The summed E-state index contributed by atoms with van der Waals surface area (Å²) in [6.45, 7) is 6.92. The zero-order valence-electron chi connectivity index (χ0n) is 10.9. The second kappa shape index (κ2) is 5.40. The molecule has 0 aliphatic carbocycles. The molecule has 4 heteroatoms. The second-order valence-corrected chi connectivity index (χ2v) is 5.85. The van der Waals surface area contributed by atoms with Crippen LogP contribution in [0.15, 0.2) is 24.3 Å². The Labute approximate surface area is 112 Å². The van der Waals surface area contributed by atoms with Crippen molar-refractivity contribution < 1.29 is 4.74 Å². The lowest BCUT2D eigenvalue weighted by Crippen LogP contribution is -1.97. The lowest BCUT2D eigenvalue weighted by Gasteiger charge is -2.04. The molecule has 0 bridgehead atoms. The third-order valence-corrected chi connectivity index (χ3v) is 3.60. The molecule has 1 aromatic carbocycles. The molecule has 2 N–H and O–H groups in total. The highest BCUT2D eigenvalue weighted by molar-refractivity contribution is 7.11. The van der Waals surface area contributed by atoms with Crippen LogP contribution in [0.25, 0.3) is 0 Å². The number of nitrogens with two attached hydrogens (primary N) is 1. The van der Waals surface area contributed by atoms with Gasteiger partial charge in [-0.2, -0.15) is 0 Å². The lowest BCUT2D eigenvalue weighted by molar-refractivity contribution is 0.305. The number of nitrogen functional groups attached to an aromatic ring is 1. The summed E-state index contributed by atoms with van der Waals surface area (Å²) < 4.78 is 5.69. The van der Waals surface area contributed by atoms with Gasteiger partial charge in [0.1, 0.15) is 17.4 Å². The molecule has 0 aliphatic heterocycles. The molecule has 0 aliphatic rings. The van der Waals surface area contributed by atoms with Crippen molar-refractivity contribution in [1.82, 2.24) is 4.98 Å². The summed E-state index contributed by atoms with van der Waals surface area (Å²) in [5.41, 5.74) is 7.59. The quantitative estimate of drug-likeness (QED) is 0.854. The Morgan fingerprint density at radius 2 is 2.17 bits per heavy atom. The fourth-order valence-corrected chi connectivity index (χ4v) is 2.81. The van der Waals surface area contributed by atoms with Crippen molar-refractivity contribution in [3.63, 3.8) is 0 Å². The molecule has 0 amide bonds. The Balaban J connectivity index is 2.04. The van der Waals surface area contributed by atoms with E-state index in [-0.39, 0.29) is 0 Å². The number of benzene rings is 1. The topological polar surface area (TPSA) is 48.1 Å². The van der Waals surface area contributed by atoms with Crippen molar-refractivity contribution in [3.8, 4) is 5.75 Å². The molecule has 1 aromatic heterocycles. The molecule has 0 saturated carbocycles. The second-order valence-electron chi connectivity index (χ2n) is 4.56. The van der Waals surface area contributed by atoms with E-state index in [0.29, 0.717) is 18.2 Å². The first-order valence-corrected chi connectivity index (χ1v) is 6.82. The van der Waals surface area contributed by atoms with E-state index in [1.165, 1.54) is 10.6 Å². The zero-order valence-corrected chi connectivity index (χ0v) is 11.8. The Morgan fingerprint density at radius 3 is 2.78 bits per heavy atom. The highest BCUT2D eigenvalue weighted by atomic mass is 32.1. The van der Waals surface area contributed by atoms with Gasteiger partial charge in [0.05, 0.1) is 5.69 Å². The maximum Gasteiger partial charge on any atom is 0.140 e. The third-order valence-electron chi connectivity index (χ3n) is 2.64. The van der Waals surface area contributed by atoms with Gasteiger partial charge in [0.2, 0.25) is 0 Å². The van der Waals surface area contributed by atoms with Gasteiger partial charge in [-0.05, 0) is 25.0 Å². The molecule has 18 heavy (non-hydrogen) atoms. The fraction of sp³-hybridized carbons (Fsp3) is 0.357. The van der Waals surface area contributed by atoms with Gasteiger partial charge in [0.15, 0.2) is 0 Å². The SMILES string of the molecule is Cc1sc(COc2cccc(N)c2)nc1C(C)C. The molecule has 1 heterocycles. The van der Waals surface area contributed by atoms with Crippen molar-refractivity contribution in [2.45, 2.75) is 33.3 Å². The van der Waals surface area contributed by atoms with Crippen molar-refractivity contribution >= 4 is 17.0 Å². The zero-order chi connectivity index (χ0) is 13.1. The largest absolute Gasteiger partial charge is 0.486 e. The van der Waals surface area contributed by atoms with Crippen molar-refractivity contribution in [1.29, 1.82) is 0 Å². The predicted molar refractivity (Wildman–Crippen MR) is 76.1 cm³/mol. The molecule has 0 fully saturated rings. The lowest BCUT2D eigenvalue weighted by atomic mass is 10.1. The number of anilines is 1. The molecule has 0 saturated heterocycles. The monoisotopic (exact) mass is 262 g/mol. The van der Waals surface area contributed by atoms with E-state index in [0.717, 1.165) is 10.8 Å². The smallest absolute Gasteiger partial charge is 0.140 e. The van der Waals surface area contributed by atoms with E-state index in [2.05, 4.69) is 25.8 Å². The van der Waals surface area contributed by atoms with Gasteiger partial charge in [-0.25, -0.2) is 4.98 Å². The molecule has 0 radical (unpaired) electrons. The van der Waals surface area contributed by atoms with Crippen LogP contribution in [0, 0.1) is 6.92 Å². The Kier molecular flexibility index (Phi) is 3.87. The Hall–Kier alpha value is -1.55. The summed E-state index contributed by atoms with van der Waals surface area (Å²) in [5.74, 6) is 1.25. The minimum absolute atomic E-state index is 0.461. The van der Waals surface area contributed by atoms with Gasteiger partial charge >= 0.3 is 0 Å². The third kappa shape index (κ3) is 3.01. The van der Waals surface area contributed by atoms with Gasteiger partial charge in [-0.15, -0.1) is 11.3 Å². The summed E-state index contributed by atoms with van der Waals surface area (Å²) in [6.07, 6.45) is 0. The van der Waals surface area contributed by atoms with E-state index in [1.807, 2.05) is 24.3 Å². The number of aryl methyl sites for hydroxylation is 1. The minimum Gasteiger partial charge on any atom is -0.486 e. The van der Waals surface area contributed by atoms with Gasteiger partial charge in [-0.3, -0.25) is 0 Å². The Morgan fingerprint density at radius 1 is 1.39 bits per heavy atom. The van der Waals surface area contributed by atoms with Crippen LogP contribution < -0.4 is 10.5 Å². The summed E-state index contributed by atoms with van der Waals surface area (Å²) in [5, 5.41) is 1.01. The average molecular weight is 262 g/mol. The highest BCUT2D eigenvalue weighted by Crippen LogP contribution is 2.25. The van der Waals surface area contributed by atoms with E-state index < -0.39 is 0 Å². The van der Waals surface area contributed by atoms with Crippen molar-refractivity contribution in [2.75, 3.05) is 5.73 Å². The molecular formula is C14H18N2OS. The van der Waals surface area contributed by atoms with Crippen LogP contribution in [0.2, 0.25) is 0 Å². The maximum atomic E-state index is 5.70. The Bertz CT molecular complexity index is 534. The van der Waals surface area contributed by atoms with Gasteiger partial charge in [-0.1, -0.05) is 19.9 Å². The predicted octanol–water partition coefficient (Wildman–Crippen LogP) is 3.74. The number of aromatic nitrogens is 1. The van der Waals surface area contributed by atoms with E-state index >= 15 is 0 Å². The number of hydrogen-bond acceptors (Lipinski definition) is 4. The molecule has 0 spiro atoms. The fourth-order valence-electron chi connectivity index (χ4n) is 1.81. The van der Waals surface area contributed by atoms with E-state index in [9.17, 15) is 0 Å². The summed E-state index contributed by atoms with van der Waals surface area (Å²) >= 11 is 1.70. The first-order chi connectivity index (χ1) is 8.56. The van der Waals surface area contributed by atoms with Gasteiger partial charge in [0.25, 0.3) is 0 Å². The number of nitrogens with zero attached hydrogens (tertiary/aromatic N) is 1. The van der Waals surface area contributed by atoms with Crippen LogP contribution in [0.1, 0.15) is 35.3 Å². The summed E-state index contributed by atoms with van der Waals surface area (Å²) in [4.78, 5) is 5.88. The average Bonchev–Trinajstić information content (AvgIpc) is 2.68. The number of thiazole rings is 1. The van der Waals surface area contributed by atoms with Crippen LogP contribution in [-0.2, 0) is 6.61 Å². The van der Waals surface area contributed by atoms with Crippen LogP contribution >= 0.6 is 11.3 Å². The standard InChI is InChI=1S/C14H18N2OS/c1-9(2)14-10(3)18-13(16-14)8-17-12-6-4-5-11(15)7-12/h4-7,9H,8,15H2,1-3H3. The summed E-state index contributed by atoms with van der Waals surface area (Å²) in [6, 6.07) is 7.46. The molecule has 96 valence electrons. The molecule has 2 aromatic rings. The molecule has 3 nitrogen and oxygen atoms in total. The summed E-state index contributed by atoms with van der Waals surface area (Å²) in [7, 11) is 0. The number of rotatable bonds is 4. The maximum absolute atomic E-state index is 5.70. The molecule has 0 atom stereocenters. The first kappa shape index (κ1) is 12.9. The van der Waals surface area contributed by atoms with E-state index in [4.69, 9.17) is 10.5 Å². The number of hydrogen-bond donors (Lipinski definition) is 1. The number of ether oxygens (including phenoxy) is 1. The van der Waals surface area contributed by atoms with E-state index in [1.54, 1.807) is 11.3 Å². The van der Waals surface area contributed by atoms with Crippen LogP contribution in [-0.4, -0.2) is 4.98 Å². The van der Waals surface area contributed by atoms with Gasteiger partial charge < -0.3 is 10.5 Å². The van der Waals surface area contributed by atoms with Crippen LogP contribution in [0.3, 0.4) is 0 Å². The molecule has 2 rings (SSSR count). The normalized spacial score (nSPS) is 10.9. The van der Waals surface area contributed by atoms with Crippen LogP contribution in [0.5, 0.6) is 5.75 Å². The first-order valence-electron chi connectivity index (χ1n) is 6.01. The molecule has 0 unspecified atom stereocenters. The highest BCUT2D eigenvalue weighted by Gasteiger charge is 2.11. The minimum atomic E-state index is 0.461. The van der Waals surface area contributed by atoms with Crippen molar-refractivity contribution in [3.05, 3.63) is 39.8 Å². The molecular weight excluding hydrogens is 244 g/mol. The van der Waals surface area contributed by atoms with Crippen molar-refractivity contribution in [2.24, 2.45) is 0 Å². The van der Waals surface area contributed by atoms with Gasteiger partial charge in [0, 0.05) is 16.6 Å².